The summed E-state index contributed by atoms with van der Waals surface area (Å²) in [5, 5.41) is 18.3. The fraction of sp³-hybridized carbons (Fsp3) is 0.0952. The Kier molecular flexibility index (Phi) is 5.53. The van der Waals surface area contributed by atoms with Crippen LogP contribution in [0.3, 0.4) is 0 Å². The molecule has 5 aromatic rings. The van der Waals surface area contributed by atoms with Crippen LogP contribution in [0, 0.1) is 13.8 Å². The van der Waals surface area contributed by atoms with E-state index in [1.54, 1.807) is 29.0 Å². The van der Waals surface area contributed by atoms with E-state index in [-0.39, 0.29) is 5.91 Å². The monoisotopic (exact) mass is 481 g/mol. The third-order valence-corrected chi connectivity index (χ3v) is 8.45. The van der Waals surface area contributed by atoms with Gasteiger partial charge in [-0.05, 0) is 43.0 Å². The topological polar surface area (TPSA) is 80.7 Å². The molecule has 1 N–H and O–H groups in total. The zero-order valence-electron chi connectivity index (χ0n) is 16.4. The van der Waals surface area contributed by atoms with E-state index < -0.39 is 0 Å². The van der Waals surface area contributed by atoms with Crippen molar-refractivity contribution in [2.75, 3.05) is 5.32 Å². The summed E-state index contributed by atoms with van der Waals surface area (Å²) in [6.45, 7) is 4.17. The Morgan fingerprint density at radius 2 is 1.94 bits per heavy atom. The number of thiophene rings is 2. The predicted molar refractivity (Wildman–Crippen MR) is 129 cm³/mol. The molecule has 0 atom stereocenters. The minimum atomic E-state index is -0.223. The van der Waals surface area contributed by atoms with Crippen molar-refractivity contribution in [2.45, 2.75) is 23.8 Å². The Balaban J connectivity index is 1.43. The highest BCUT2D eigenvalue weighted by Gasteiger charge is 2.18. The zero-order valence-corrected chi connectivity index (χ0v) is 19.7. The first kappa shape index (κ1) is 20.3. The van der Waals surface area contributed by atoms with E-state index in [0.717, 1.165) is 30.7 Å². The fourth-order valence-corrected chi connectivity index (χ4v) is 6.60. The molecule has 0 aliphatic carbocycles. The number of carbonyl (C=O) groups is 1. The van der Waals surface area contributed by atoms with Gasteiger partial charge < -0.3 is 0 Å². The first-order valence-electron chi connectivity index (χ1n) is 9.25. The molecular weight excluding hydrogens is 467 g/mol. The summed E-state index contributed by atoms with van der Waals surface area (Å²) in [4.78, 5) is 25.0. The predicted octanol–water partition coefficient (Wildman–Crippen LogP) is 6.29. The van der Waals surface area contributed by atoms with Gasteiger partial charge in [0.1, 0.15) is 21.2 Å². The number of nitrogens with zero attached hydrogens (tertiary/aromatic N) is 4. The van der Waals surface area contributed by atoms with Gasteiger partial charge in [0.25, 0.3) is 5.91 Å². The number of anilines is 1. The minimum absolute atomic E-state index is 0.223. The number of aromatic nitrogens is 4. The second kappa shape index (κ2) is 8.46. The lowest BCUT2D eigenvalue weighted by Gasteiger charge is -2.09. The quantitative estimate of drug-likeness (QED) is 0.297. The molecule has 1 aromatic carbocycles. The largest absolute Gasteiger partial charge is 0.296 e. The van der Waals surface area contributed by atoms with Crippen LogP contribution >= 0.6 is 45.8 Å². The van der Waals surface area contributed by atoms with Gasteiger partial charge in [0.15, 0.2) is 0 Å². The highest BCUT2D eigenvalue weighted by molar-refractivity contribution is 7.99. The lowest BCUT2D eigenvalue weighted by atomic mass is 10.2. The first-order chi connectivity index (χ1) is 15.1. The van der Waals surface area contributed by atoms with Crippen LogP contribution in [0.4, 0.5) is 5.13 Å². The summed E-state index contributed by atoms with van der Waals surface area (Å²) in [6, 6.07) is 9.50. The number of amides is 1. The van der Waals surface area contributed by atoms with Crippen molar-refractivity contribution in [2.24, 2.45) is 0 Å². The number of benzene rings is 1. The van der Waals surface area contributed by atoms with Crippen molar-refractivity contribution in [3.05, 3.63) is 63.4 Å². The SMILES string of the molecule is Cc1sc2ncnc(Sc3ccccc3C(=O)Nc3nnc(-c4ccsc4)s3)c2c1C. The maximum absolute atomic E-state index is 13.0. The molecule has 154 valence electrons. The van der Waals surface area contributed by atoms with Gasteiger partial charge in [0, 0.05) is 26.1 Å². The van der Waals surface area contributed by atoms with Crippen LogP contribution in [0.5, 0.6) is 0 Å². The van der Waals surface area contributed by atoms with Gasteiger partial charge in [-0.3, -0.25) is 10.1 Å². The van der Waals surface area contributed by atoms with E-state index in [4.69, 9.17) is 0 Å². The van der Waals surface area contributed by atoms with Gasteiger partial charge in [0.2, 0.25) is 5.13 Å². The van der Waals surface area contributed by atoms with E-state index in [1.165, 1.54) is 33.5 Å². The fourth-order valence-electron chi connectivity index (χ4n) is 3.02. The van der Waals surface area contributed by atoms with Crippen LogP contribution in [-0.4, -0.2) is 26.1 Å². The van der Waals surface area contributed by atoms with Crippen molar-refractivity contribution in [3.8, 4) is 10.6 Å². The number of hydrogen-bond acceptors (Lipinski definition) is 9. The highest BCUT2D eigenvalue weighted by atomic mass is 32.2. The van der Waals surface area contributed by atoms with E-state index in [0.29, 0.717) is 10.7 Å². The van der Waals surface area contributed by atoms with Crippen LogP contribution in [0.25, 0.3) is 20.8 Å². The molecule has 0 saturated carbocycles. The van der Waals surface area contributed by atoms with Crippen LogP contribution in [0.2, 0.25) is 0 Å². The average Bonchev–Trinajstić information content (AvgIpc) is 3.50. The Morgan fingerprint density at radius 3 is 2.77 bits per heavy atom. The molecule has 4 heterocycles. The second-order valence-corrected chi connectivity index (χ2v) is 10.6. The molecular formula is C21H15N5OS4. The number of hydrogen-bond donors (Lipinski definition) is 1. The molecule has 0 bridgehead atoms. The summed E-state index contributed by atoms with van der Waals surface area (Å²) in [6.07, 6.45) is 1.58. The van der Waals surface area contributed by atoms with Crippen molar-refractivity contribution in [1.29, 1.82) is 0 Å². The van der Waals surface area contributed by atoms with Crippen LogP contribution < -0.4 is 5.32 Å². The van der Waals surface area contributed by atoms with Crippen LogP contribution in [0.1, 0.15) is 20.8 Å². The van der Waals surface area contributed by atoms with Crippen molar-refractivity contribution in [3.63, 3.8) is 0 Å². The highest BCUT2D eigenvalue weighted by Crippen LogP contribution is 2.38. The van der Waals surface area contributed by atoms with E-state index in [2.05, 4.69) is 39.3 Å². The summed E-state index contributed by atoms with van der Waals surface area (Å²) < 4.78 is 0. The average molecular weight is 482 g/mol. The zero-order chi connectivity index (χ0) is 21.4. The smallest absolute Gasteiger partial charge is 0.258 e. The Labute approximate surface area is 194 Å². The Bertz CT molecular complexity index is 1390. The summed E-state index contributed by atoms with van der Waals surface area (Å²) >= 11 is 6.09. The lowest BCUT2D eigenvalue weighted by Crippen LogP contribution is -2.12. The molecule has 31 heavy (non-hydrogen) atoms. The maximum Gasteiger partial charge on any atom is 0.258 e. The molecule has 0 radical (unpaired) electrons. The molecule has 0 saturated heterocycles. The standard InChI is InChI=1S/C21H15N5OS4/c1-11-12(2)29-19-16(11)20(23-10-22-19)30-15-6-4-3-5-14(15)17(27)24-21-26-25-18(31-21)13-7-8-28-9-13/h3-10H,1-2H3,(H,24,26,27). The first-order valence-corrected chi connectivity index (χ1v) is 12.6. The van der Waals surface area contributed by atoms with Crippen LogP contribution in [0.15, 0.2) is 57.3 Å². The summed E-state index contributed by atoms with van der Waals surface area (Å²) in [5.74, 6) is -0.223. The molecule has 1 amide bonds. The summed E-state index contributed by atoms with van der Waals surface area (Å²) in [7, 11) is 0. The third-order valence-electron chi connectivity index (χ3n) is 4.68. The molecule has 4 aromatic heterocycles. The molecule has 5 rings (SSSR count). The van der Waals surface area contributed by atoms with Gasteiger partial charge in [-0.1, -0.05) is 35.2 Å². The number of carbonyl (C=O) groups excluding carboxylic acids is 1. The molecule has 0 aliphatic rings. The number of aryl methyl sites for hydroxylation is 2. The van der Waals surface area contributed by atoms with E-state index in [9.17, 15) is 4.79 Å². The molecule has 0 spiro atoms. The number of rotatable bonds is 5. The van der Waals surface area contributed by atoms with Gasteiger partial charge in [-0.2, -0.15) is 11.3 Å². The van der Waals surface area contributed by atoms with Crippen molar-refractivity contribution < 1.29 is 4.79 Å². The normalized spacial score (nSPS) is 11.2. The molecule has 0 fully saturated rings. The molecule has 10 heteroatoms. The maximum atomic E-state index is 13.0. The van der Waals surface area contributed by atoms with E-state index in [1.807, 2.05) is 41.1 Å². The summed E-state index contributed by atoms with van der Waals surface area (Å²) in [5.41, 5.74) is 2.75. The second-order valence-electron chi connectivity index (χ2n) is 6.62. The lowest BCUT2D eigenvalue weighted by molar-refractivity contribution is 0.102. The van der Waals surface area contributed by atoms with Crippen molar-refractivity contribution in [1.82, 2.24) is 20.2 Å². The minimum Gasteiger partial charge on any atom is -0.296 e. The number of fused-ring (bicyclic) bond motifs is 1. The van der Waals surface area contributed by atoms with Crippen molar-refractivity contribution >= 4 is 67.0 Å². The van der Waals surface area contributed by atoms with Crippen LogP contribution in [-0.2, 0) is 0 Å². The van der Waals surface area contributed by atoms with Gasteiger partial charge in [-0.15, -0.1) is 21.5 Å². The van der Waals surface area contributed by atoms with Gasteiger partial charge in [0.05, 0.1) is 5.56 Å². The molecule has 0 unspecified atom stereocenters. The molecule has 0 aliphatic heterocycles. The Morgan fingerprint density at radius 1 is 1.06 bits per heavy atom. The van der Waals surface area contributed by atoms with E-state index >= 15 is 0 Å². The van der Waals surface area contributed by atoms with Gasteiger partial charge >= 0.3 is 0 Å². The van der Waals surface area contributed by atoms with Gasteiger partial charge in [-0.25, -0.2) is 9.97 Å². The number of nitrogens with one attached hydrogen (secondary N) is 1. The Hall–Kier alpha value is -2.66. The molecule has 6 nitrogen and oxygen atoms in total. The third kappa shape index (κ3) is 3.99.